The molecule has 0 bridgehead atoms. The van der Waals surface area contributed by atoms with E-state index in [4.69, 9.17) is 15.2 Å². The quantitative estimate of drug-likeness (QED) is 0.831. The topological polar surface area (TPSA) is 57.4 Å². The van der Waals surface area contributed by atoms with Gasteiger partial charge in [0.05, 0.1) is 12.3 Å². The number of hydrogen-bond acceptors (Lipinski definition) is 5. The van der Waals surface area contributed by atoms with Crippen molar-refractivity contribution < 1.29 is 9.47 Å². The van der Waals surface area contributed by atoms with Crippen LogP contribution in [0.3, 0.4) is 0 Å². The van der Waals surface area contributed by atoms with Crippen LogP contribution >= 0.6 is 11.3 Å². The largest absolute Gasteiger partial charge is 0.378 e. The van der Waals surface area contributed by atoms with Crippen molar-refractivity contribution in [3.63, 3.8) is 0 Å². The SMILES string of the molecule is CCC(C)(OC)c1nc(COC)c(CN)s1. The Balaban J connectivity index is 3.06. The molecule has 2 N–H and O–H groups in total. The van der Waals surface area contributed by atoms with Crippen LogP contribution in [0.15, 0.2) is 0 Å². The Morgan fingerprint density at radius 2 is 2.12 bits per heavy atom. The van der Waals surface area contributed by atoms with Gasteiger partial charge in [-0.1, -0.05) is 6.92 Å². The molecule has 1 aromatic rings. The van der Waals surface area contributed by atoms with Crippen LogP contribution in [0.25, 0.3) is 0 Å². The number of thiazole rings is 1. The highest BCUT2D eigenvalue weighted by Crippen LogP contribution is 2.33. The summed E-state index contributed by atoms with van der Waals surface area (Å²) in [6.45, 7) is 5.14. The van der Waals surface area contributed by atoms with Crippen LogP contribution in [0.1, 0.15) is 35.8 Å². The van der Waals surface area contributed by atoms with E-state index in [9.17, 15) is 0 Å². The molecule has 0 saturated heterocycles. The van der Waals surface area contributed by atoms with Gasteiger partial charge in [0.2, 0.25) is 0 Å². The fourth-order valence-electron chi connectivity index (χ4n) is 1.40. The van der Waals surface area contributed by atoms with Gasteiger partial charge in [0, 0.05) is 25.6 Å². The Morgan fingerprint density at radius 3 is 2.56 bits per heavy atom. The van der Waals surface area contributed by atoms with E-state index in [1.165, 1.54) is 0 Å². The van der Waals surface area contributed by atoms with Crippen LogP contribution < -0.4 is 5.73 Å². The van der Waals surface area contributed by atoms with Crippen molar-refractivity contribution in [3.05, 3.63) is 15.6 Å². The molecule has 0 saturated carbocycles. The van der Waals surface area contributed by atoms with E-state index in [0.717, 1.165) is 22.0 Å². The minimum absolute atomic E-state index is 0.319. The predicted molar refractivity (Wildman–Crippen MR) is 65.4 cm³/mol. The number of hydrogen-bond donors (Lipinski definition) is 1. The van der Waals surface area contributed by atoms with Gasteiger partial charge >= 0.3 is 0 Å². The van der Waals surface area contributed by atoms with E-state index in [2.05, 4.69) is 11.9 Å². The predicted octanol–water partition coefficient (Wildman–Crippen LogP) is 2.02. The summed E-state index contributed by atoms with van der Waals surface area (Å²) in [7, 11) is 3.37. The van der Waals surface area contributed by atoms with E-state index < -0.39 is 0 Å². The van der Waals surface area contributed by atoms with Crippen molar-refractivity contribution in [3.8, 4) is 0 Å². The number of nitrogens with two attached hydrogens (primary N) is 1. The molecule has 5 heteroatoms. The molecule has 0 spiro atoms. The summed E-state index contributed by atoms with van der Waals surface area (Å²) in [6, 6.07) is 0. The minimum atomic E-state index is -0.319. The lowest BCUT2D eigenvalue weighted by Crippen LogP contribution is -2.22. The lowest BCUT2D eigenvalue weighted by atomic mass is 10.1. The maximum absolute atomic E-state index is 5.69. The summed E-state index contributed by atoms with van der Waals surface area (Å²) in [5.74, 6) is 0. The summed E-state index contributed by atoms with van der Waals surface area (Å²) in [5, 5.41) is 0.977. The molecule has 92 valence electrons. The lowest BCUT2D eigenvalue weighted by Gasteiger charge is -2.23. The second kappa shape index (κ2) is 5.72. The van der Waals surface area contributed by atoms with Gasteiger partial charge < -0.3 is 15.2 Å². The fourth-order valence-corrected chi connectivity index (χ4v) is 2.54. The Bertz CT molecular complexity index is 335. The fraction of sp³-hybridized carbons (Fsp3) is 0.727. The van der Waals surface area contributed by atoms with Crippen LogP contribution in [0.2, 0.25) is 0 Å². The van der Waals surface area contributed by atoms with Crippen LogP contribution in [-0.2, 0) is 28.2 Å². The molecular formula is C11H20N2O2S. The first-order valence-corrected chi connectivity index (χ1v) is 6.16. The molecule has 1 rings (SSSR count). The third-order valence-electron chi connectivity index (χ3n) is 2.82. The number of methoxy groups -OCH3 is 2. The number of nitrogens with zero attached hydrogens (tertiary/aromatic N) is 1. The summed E-state index contributed by atoms with van der Waals surface area (Å²) in [4.78, 5) is 5.65. The number of aromatic nitrogens is 1. The van der Waals surface area contributed by atoms with Gasteiger partial charge in [-0.15, -0.1) is 11.3 Å². The summed E-state index contributed by atoms with van der Waals surface area (Å²) >= 11 is 1.61. The molecule has 0 aliphatic heterocycles. The molecule has 0 radical (unpaired) electrons. The molecule has 1 aromatic heterocycles. The lowest BCUT2D eigenvalue weighted by molar-refractivity contribution is -0.00183. The number of rotatable bonds is 6. The monoisotopic (exact) mass is 244 g/mol. The van der Waals surface area contributed by atoms with Crippen molar-refractivity contribution in [1.82, 2.24) is 4.98 Å². The zero-order chi connectivity index (χ0) is 12.2. The molecule has 1 atom stereocenters. The van der Waals surface area contributed by atoms with E-state index in [0.29, 0.717) is 13.2 Å². The third kappa shape index (κ3) is 2.60. The van der Waals surface area contributed by atoms with E-state index in [1.807, 2.05) is 6.92 Å². The van der Waals surface area contributed by atoms with Crippen LogP contribution in [0, 0.1) is 0 Å². The molecule has 1 heterocycles. The molecule has 0 aliphatic rings. The van der Waals surface area contributed by atoms with Crippen molar-refractivity contribution in [2.75, 3.05) is 14.2 Å². The second-order valence-electron chi connectivity index (χ2n) is 3.81. The van der Waals surface area contributed by atoms with Crippen LogP contribution in [0.4, 0.5) is 0 Å². The molecular weight excluding hydrogens is 224 g/mol. The first kappa shape index (κ1) is 13.6. The van der Waals surface area contributed by atoms with Gasteiger partial charge in [0.25, 0.3) is 0 Å². The molecule has 0 amide bonds. The molecule has 0 fully saturated rings. The van der Waals surface area contributed by atoms with Crippen molar-refractivity contribution >= 4 is 11.3 Å². The average molecular weight is 244 g/mol. The van der Waals surface area contributed by atoms with Gasteiger partial charge in [-0.3, -0.25) is 0 Å². The minimum Gasteiger partial charge on any atom is -0.378 e. The van der Waals surface area contributed by atoms with Gasteiger partial charge in [0.15, 0.2) is 0 Å². The third-order valence-corrected chi connectivity index (χ3v) is 4.19. The van der Waals surface area contributed by atoms with Crippen molar-refractivity contribution in [1.29, 1.82) is 0 Å². The number of ether oxygens (including phenoxy) is 2. The Labute approximate surface area is 101 Å². The average Bonchev–Trinajstić information content (AvgIpc) is 2.72. The summed E-state index contributed by atoms with van der Waals surface area (Å²) < 4.78 is 10.6. The smallest absolute Gasteiger partial charge is 0.125 e. The Hall–Kier alpha value is -0.490. The maximum Gasteiger partial charge on any atom is 0.125 e. The maximum atomic E-state index is 5.69. The first-order valence-electron chi connectivity index (χ1n) is 5.34. The zero-order valence-electron chi connectivity index (χ0n) is 10.4. The Kier molecular flexibility index (Phi) is 4.86. The van der Waals surface area contributed by atoms with Gasteiger partial charge in [-0.25, -0.2) is 4.98 Å². The van der Waals surface area contributed by atoms with E-state index in [-0.39, 0.29) is 5.60 Å². The van der Waals surface area contributed by atoms with Crippen LogP contribution in [0.5, 0.6) is 0 Å². The first-order chi connectivity index (χ1) is 7.61. The second-order valence-corrected chi connectivity index (χ2v) is 4.90. The zero-order valence-corrected chi connectivity index (χ0v) is 11.2. The van der Waals surface area contributed by atoms with Crippen molar-refractivity contribution in [2.45, 2.75) is 39.0 Å². The van der Waals surface area contributed by atoms with E-state index in [1.54, 1.807) is 25.6 Å². The summed E-state index contributed by atoms with van der Waals surface area (Å²) in [6.07, 6.45) is 0.882. The van der Waals surface area contributed by atoms with Gasteiger partial charge in [-0.05, 0) is 13.3 Å². The molecule has 4 nitrogen and oxygen atoms in total. The van der Waals surface area contributed by atoms with E-state index >= 15 is 0 Å². The molecule has 0 aromatic carbocycles. The molecule has 1 unspecified atom stereocenters. The molecule has 0 aliphatic carbocycles. The van der Waals surface area contributed by atoms with Gasteiger partial charge in [-0.2, -0.15) is 0 Å². The highest BCUT2D eigenvalue weighted by Gasteiger charge is 2.29. The summed E-state index contributed by atoms with van der Waals surface area (Å²) in [5.41, 5.74) is 6.31. The highest BCUT2D eigenvalue weighted by molar-refractivity contribution is 7.11. The van der Waals surface area contributed by atoms with Gasteiger partial charge in [0.1, 0.15) is 10.6 Å². The highest BCUT2D eigenvalue weighted by atomic mass is 32.1. The molecule has 16 heavy (non-hydrogen) atoms. The normalized spacial score (nSPS) is 15.1. The van der Waals surface area contributed by atoms with Crippen molar-refractivity contribution in [2.24, 2.45) is 5.73 Å². The van der Waals surface area contributed by atoms with Crippen LogP contribution in [-0.4, -0.2) is 19.2 Å². The standard InChI is InChI=1S/C11H20N2O2S/c1-5-11(2,15-4)10-13-8(7-14-3)9(6-12)16-10/h5-7,12H2,1-4H3. The Morgan fingerprint density at radius 1 is 1.44 bits per heavy atom.